The van der Waals surface area contributed by atoms with Gasteiger partial charge in [0.2, 0.25) is 0 Å². The van der Waals surface area contributed by atoms with E-state index in [-0.39, 0.29) is 5.41 Å². The molecule has 0 radical (unpaired) electrons. The predicted octanol–water partition coefficient (Wildman–Crippen LogP) is 2.99. The summed E-state index contributed by atoms with van der Waals surface area (Å²) < 4.78 is 0. The number of aromatic nitrogens is 1. The van der Waals surface area contributed by atoms with Gasteiger partial charge in [-0.25, -0.2) is 0 Å². The van der Waals surface area contributed by atoms with Crippen LogP contribution in [0.15, 0.2) is 30.5 Å². The minimum Gasteiger partial charge on any atom is -0.325 e. The molecule has 2 rings (SSSR count). The molecule has 1 aromatic heterocycles. The van der Waals surface area contributed by atoms with Crippen molar-refractivity contribution in [3.8, 4) is 0 Å². The van der Waals surface area contributed by atoms with Gasteiger partial charge in [0.25, 0.3) is 0 Å². The van der Waals surface area contributed by atoms with Gasteiger partial charge in [0.1, 0.15) is 0 Å². The number of hydrogen-bond donors (Lipinski definition) is 1. The van der Waals surface area contributed by atoms with Gasteiger partial charge >= 0.3 is 0 Å². The summed E-state index contributed by atoms with van der Waals surface area (Å²) in [5.74, 6) is 0. The topological polar surface area (TPSA) is 38.9 Å². The molecule has 2 nitrogen and oxygen atoms in total. The van der Waals surface area contributed by atoms with Crippen molar-refractivity contribution in [1.29, 1.82) is 0 Å². The van der Waals surface area contributed by atoms with Crippen LogP contribution in [0.4, 0.5) is 0 Å². The Bertz CT molecular complexity index is 510. The van der Waals surface area contributed by atoms with Crippen molar-refractivity contribution < 1.29 is 0 Å². The lowest BCUT2D eigenvalue weighted by molar-refractivity contribution is 0.596. The maximum absolute atomic E-state index is 5.71. The van der Waals surface area contributed by atoms with E-state index in [0.717, 1.165) is 5.69 Å². The third kappa shape index (κ3) is 1.81. The fraction of sp³-hybridized carbons (Fsp3) is 0.357. The highest BCUT2D eigenvalue weighted by Gasteiger charge is 2.17. The summed E-state index contributed by atoms with van der Waals surface area (Å²) in [6.07, 6.45) is 1.85. The normalized spacial score (nSPS) is 12.0. The van der Waals surface area contributed by atoms with Crippen LogP contribution in [0.3, 0.4) is 0 Å². The fourth-order valence-electron chi connectivity index (χ4n) is 2.08. The highest BCUT2D eigenvalue weighted by atomic mass is 14.7. The zero-order chi connectivity index (χ0) is 11.8. The van der Waals surface area contributed by atoms with Gasteiger partial charge in [-0.05, 0) is 22.4 Å². The molecule has 84 valence electrons. The lowest BCUT2D eigenvalue weighted by Crippen LogP contribution is -2.12. The van der Waals surface area contributed by atoms with Gasteiger partial charge in [-0.15, -0.1) is 0 Å². The minimum absolute atomic E-state index is 0.146. The van der Waals surface area contributed by atoms with Crippen molar-refractivity contribution in [2.45, 2.75) is 32.7 Å². The molecule has 0 saturated carbocycles. The van der Waals surface area contributed by atoms with Gasteiger partial charge < -0.3 is 5.73 Å². The molecule has 2 heteroatoms. The molecule has 0 aliphatic carbocycles. The Labute approximate surface area is 96.5 Å². The molecular weight excluding hydrogens is 196 g/mol. The number of pyridine rings is 1. The number of rotatable bonds is 1. The second-order valence-electron chi connectivity index (χ2n) is 5.11. The van der Waals surface area contributed by atoms with E-state index in [9.17, 15) is 0 Å². The van der Waals surface area contributed by atoms with Gasteiger partial charge in [-0.2, -0.15) is 0 Å². The number of nitrogens with zero attached hydrogens (tertiary/aromatic N) is 1. The molecule has 0 spiro atoms. The van der Waals surface area contributed by atoms with Crippen LogP contribution in [0.25, 0.3) is 10.8 Å². The summed E-state index contributed by atoms with van der Waals surface area (Å²) >= 11 is 0. The van der Waals surface area contributed by atoms with E-state index in [1.165, 1.54) is 16.3 Å². The monoisotopic (exact) mass is 214 g/mol. The maximum Gasteiger partial charge on any atom is 0.0617 e. The molecule has 0 bridgehead atoms. The van der Waals surface area contributed by atoms with Crippen LogP contribution >= 0.6 is 0 Å². The summed E-state index contributed by atoms with van der Waals surface area (Å²) in [6.45, 7) is 7.17. The molecule has 1 heterocycles. The molecule has 2 aromatic rings. The predicted molar refractivity (Wildman–Crippen MR) is 68.3 cm³/mol. The van der Waals surface area contributed by atoms with E-state index in [4.69, 9.17) is 5.73 Å². The number of benzene rings is 1. The van der Waals surface area contributed by atoms with Gasteiger partial charge in [-0.1, -0.05) is 39.0 Å². The zero-order valence-corrected chi connectivity index (χ0v) is 10.1. The largest absolute Gasteiger partial charge is 0.325 e. The van der Waals surface area contributed by atoms with Gasteiger partial charge in [0.15, 0.2) is 0 Å². The van der Waals surface area contributed by atoms with Crippen LogP contribution in [0.1, 0.15) is 32.0 Å². The molecule has 0 fully saturated rings. The fourth-order valence-corrected chi connectivity index (χ4v) is 2.08. The molecular formula is C14H18N2. The Morgan fingerprint density at radius 1 is 1.12 bits per heavy atom. The summed E-state index contributed by atoms with van der Waals surface area (Å²) in [5.41, 5.74) is 8.18. The lowest BCUT2D eigenvalue weighted by Gasteiger charge is -2.21. The first kappa shape index (κ1) is 11.1. The van der Waals surface area contributed by atoms with Crippen LogP contribution < -0.4 is 5.73 Å². The lowest BCUT2D eigenvalue weighted by atomic mass is 9.84. The molecule has 0 saturated heterocycles. The van der Waals surface area contributed by atoms with Gasteiger partial charge in [-0.3, -0.25) is 4.98 Å². The number of fused-ring (bicyclic) bond motifs is 1. The molecule has 16 heavy (non-hydrogen) atoms. The van der Waals surface area contributed by atoms with Crippen molar-refractivity contribution in [1.82, 2.24) is 4.98 Å². The maximum atomic E-state index is 5.71. The van der Waals surface area contributed by atoms with Crippen molar-refractivity contribution in [3.05, 3.63) is 41.7 Å². The Hall–Kier alpha value is -1.41. The summed E-state index contributed by atoms with van der Waals surface area (Å²) in [6, 6.07) is 8.45. The first-order valence-electron chi connectivity index (χ1n) is 5.61. The van der Waals surface area contributed by atoms with E-state index in [1.807, 2.05) is 6.20 Å². The van der Waals surface area contributed by atoms with E-state index >= 15 is 0 Å². The second-order valence-corrected chi connectivity index (χ2v) is 5.11. The Morgan fingerprint density at radius 2 is 1.88 bits per heavy atom. The van der Waals surface area contributed by atoms with Crippen molar-refractivity contribution in [2.24, 2.45) is 5.73 Å². The molecule has 1 aromatic carbocycles. The van der Waals surface area contributed by atoms with Crippen molar-refractivity contribution in [3.63, 3.8) is 0 Å². The van der Waals surface area contributed by atoms with E-state index in [2.05, 4.69) is 50.0 Å². The Kier molecular flexibility index (Phi) is 2.68. The quantitative estimate of drug-likeness (QED) is 0.792. The zero-order valence-electron chi connectivity index (χ0n) is 10.1. The summed E-state index contributed by atoms with van der Waals surface area (Å²) in [4.78, 5) is 4.32. The highest BCUT2D eigenvalue weighted by Crippen LogP contribution is 2.30. The molecule has 0 amide bonds. The molecule has 0 aliphatic rings. The average Bonchev–Trinajstić information content (AvgIpc) is 2.26. The van der Waals surface area contributed by atoms with Crippen LogP contribution in [0, 0.1) is 0 Å². The number of nitrogens with two attached hydrogens (primary N) is 1. The minimum atomic E-state index is 0.146. The molecule has 2 N–H and O–H groups in total. The van der Waals surface area contributed by atoms with Crippen LogP contribution in [-0.2, 0) is 12.0 Å². The van der Waals surface area contributed by atoms with E-state index in [1.54, 1.807) is 0 Å². The van der Waals surface area contributed by atoms with Crippen LogP contribution in [0.2, 0.25) is 0 Å². The second kappa shape index (κ2) is 3.87. The Morgan fingerprint density at radius 3 is 2.50 bits per heavy atom. The molecule has 0 unspecified atom stereocenters. The van der Waals surface area contributed by atoms with Crippen LogP contribution in [-0.4, -0.2) is 4.98 Å². The van der Waals surface area contributed by atoms with E-state index in [0.29, 0.717) is 6.54 Å². The van der Waals surface area contributed by atoms with Crippen LogP contribution in [0.5, 0.6) is 0 Å². The first-order valence-corrected chi connectivity index (χ1v) is 5.61. The van der Waals surface area contributed by atoms with Crippen molar-refractivity contribution >= 4 is 10.8 Å². The SMILES string of the molecule is CC(C)(C)c1cccc2c(CN)nccc12. The standard InChI is InChI=1S/C14H18N2/c1-14(2,3)12-6-4-5-11-10(12)7-8-16-13(11)9-15/h4-8H,9,15H2,1-3H3. The summed E-state index contributed by atoms with van der Waals surface area (Å²) in [5, 5.41) is 2.45. The van der Waals surface area contributed by atoms with Gasteiger partial charge in [0.05, 0.1) is 5.69 Å². The number of hydrogen-bond acceptors (Lipinski definition) is 2. The average molecular weight is 214 g/mol. The van der Waals surface area contributed by atoms with E-state index < -0.39 is 0 Å². The molecule has 0 atom stereocenters. The van der Waals surface area contributed by atoms with Crippen molar-refractivity contribution in [2.75, 3.05) is 0 Å². The first-order chi connectivity index (χ1) is 7.54. The highest BCUT2D eigenvalue weighted by molar-refractivity contribution is 5.88. The molecule has 0 aliphatic heterocycles. The third-order valence-electron chi connectivity index (χ3n) is 2.89. The summed E-state index contributed by atoms with van der Waals surface area (Å²) in [7, 11) is 0. The Balaban J connectivity index is 2.79. The van der Waals surface area contributed by atoms with Gasteiger partial charge in [0, 0.05) is 18.1 Å². The third-order valence-corrected chi connectivity index (χ3v) is 2.89. The smallest absolute Gasteiger partial charge is 0.0617 e.